The minimum absolute atomic E-state index is 0.156. The summed E-state index contributed by atoms with van der Waals surface area (Å²) in [6, 6.07) is 9.25. The molecule has 2 aromatic carbocycles. The van der Waals surface area contributed by atoms with Crippen molar-refractivity contribution < 1.29 is 18.8 Å². The maximum absolute atomic E-state index is 14.6. The molecule has 0 saturated carbocycles. The number of aromatic nitrogens is 3. The second-order valence-corrected chi connectivity index (χ2v) is 10.9. The molecule has 3 heterocycles. The Labute approximate surface area is 250 Å². The number of ketones is 1. The molecular weight excluding hydrogens is 582 g/mol. The number of anilines is 1. The van der Waals surface area contributed by atoms with Crippen molar-refractivity contribution in [3.63, 3.8) is 0 Å². The lowest BCUT2D eigenvalue weighted by Gasteiger charge is -2.24. The third kappa shape index (κ3) is 5.60. The molecule has 0 bridgehead atoms. The fraction of sp³-hybridized carbons (Fsp3) is 0.233. The van der Waals surface area contributed by atoms with E-state index >= 15 is 0 Å². The molecular formula is C30H27Cl2FN6O3. The van der Waals surface area contributed by atoms with E-state index < -0.39 is 24.0 Å². The Morgan fingerprint density at radius 2 is 2.00 bits per heavy atom. The van der Waals surface area contributed by atoms with Gasteiger partial charge in [-0.3, -0.25) is 19.5 Å². The van der Waals surface area contributed by atoms with Gasteiger partial charge in [0.1, 0.15) is 18.8 Å². The van der Waals surface area contributed by atoms with Gasteiger partial charge in [0, 0.05) is 45.9 Å². The van der Waals surface area contributed by atoms with E-state index in [1.165, 1.54) is 24.2 Å². The predicted molar refractivity (Wildman–Crippen MR) is 162 cm³/mol. The Hall–Kier alpha value is -4.28. The predicted octanol–water partition coefficient (Wildman–Crippen LogP) is 6.17. The largest absolute Gasteiger partial charge is 0.337 e. The number of hydrogen-bond donors (Lipinski definition) is 3. The van der Waals surface area contributed by atoms with Crippen LogP contribution >= 0.6 is 23.2 Å². The van der Waals surface area contributed by atoms with E-state index in [1.54, 1.807) is 41.1 Å². The van der Waals surface area contributed by atoms with Gasteiger partial charge in [-0.15, -0.1) is 0 Å². The molecule has 0 unspecified atom stereocenters. The fourth-order valence-corrected chi connectivity index (χ4v) is 5.76. The van der Waals surface area contributed by atoms with Crippen LogP contribution in [0.5, 0.6) is 0 Å². The minimum atomic E-state index is -1.38. The third-order valence-corrected chi connectivity index (χ3v) is 7.88. The van der Waals surface area contributed by atoms with Crippen molar-refractivity contribution in [2.45, 2.75) is 39.0 Å². The standard InChI is InChI=1S/C30H27Cl2FN6O3/c1-3-17(11-34)18-4-7-26-22(8-18)23(16(2)40)14-38(26)15-28(41)39-13-20(33)10-27(39)30(42)36-25-12-35-37-29(25)21-6-5-19(31)9-24(21)32/h3-9,11-12,14,20,27,34H,10,13,15H2,1-2H3,(H,35,37)(H,36,42)/t20-,27+/m1/s1. The lowest BCUT2D eigenvalue weighted by atomic mass is 10.0. The number of carbonyl (C=O) groups excluding carboxylic acids is 3. The molecule has 9 nitrogen and oxygen atoms in total. The molecule has 2 amide bonds. The number of likely N-dealkylation sites (tertiary alicyclic amines) is 1. The number of amides is 2. The number of hydrogen-bond acceptors (Lipinski definition) is 5. The van der Waals surface area contributed by atoms with E-state index in [1.807, 2.05) is 19.1 Å². The molecule has 5 rings (SSSR count). The van der Waals surface area contributed by atoms with Crippen LogP contribution < -0.4 is 5.32 Å². The molecule has 0 aliphatic carbocycles. The summed E-state index contributed by atoms with van der Waals surface area (Å²) < 4.78 is 16.3. The van der Waals surface area contributed by atoms with Gasteiger partial charge in [-0.05, 0) is 55.3 Å². The molecule has 2 atom stereocenters. The zero-order valence-corrected chi connectivity index (χ0v) is 24.3. The molecule has 1 saturated heterocycles. The van der Waals surface area contributed by atoms with E-state index in [4.69, 9.17) is 28.6 Å². The highest BCUT2D eigenvalue weighted by atomic mass is 35.5. The Morgan fingerprint density at radius 3 is 2.69 bits per heavy atom. The van der Waals surface area contributed by atoms with Crippen LogP contribution in [0.1, 0.15) is 36.2 Å². The highest BCUT2D eigenvalue weighted by molar-refractivity contribution is 6.36. The number of aromatic amines is 1. The van der Waals surface area contributed by atoms with Gasteiger partial charge in [0.15, 0.2) is 5.78 Å². The summed E-state index contributed by atoms with van der Waals surface area (Å²) in [5.41, 5.74) is 3.84. The number of Topliss-reactive ketones (excluding diaryl/α,β-unsaturated/α-hetero) is 1. The number of allylic oxidation sites excluding steroid dienone is 2. The summed E-state index contributed by atoms with van der Waals surface area (Å²) in [6.45, 7) is 2.83. The second-order valence-electron chi connectivity index (χ2n) is 10.0. The van der Waals surface area contributed by atoms with Gasteiger partial charge in [0.05, 0.1) is 29.1 Å². The van der Waals surface area contributed by atoms with Gasteiger partial charge in [-0.2, -0.15) is 5.10 Å². The van der Waals surface area contributed by atoms with Crippen LogP contribution in [0.2, 0.25) is 10.0 Å². The SMILES string of the molecule is CC=C(C=N)c1ccc2c(c1)c(C(C)=O)cn2CC(=O)N1C[C@H](F)C[C@H]1C(=O)Nc1cn[nH]c1-c1ccc(Cl)cc1Cl. The zero-order chi connectivity index (χ0) is 30.1. The van der Waals surface area contributed by atoms with Crippen LogP contribution in [0.15, 0.2) is 54.9 Å². The molecule has 3 N–H and O–H groups in total. The van der Waals surface area contributed by atoms with Crippen molar-refractivity contribution in [3.8, 4) is 11.3 Å². The van der Waals surface area contributed by atoms with E-state index in [0.717, 1.165) is 5.56 Å². The maximum atomic E-state index is 14.6. The molecule has 0 radical (unpaired) electrons. The van der Waals surface area contributed by atoms with Crippen LogP contribution in [0.25, 0.3) is 27.7 Å². The van der Waals surface area contributed by atoms with Gasteiger partial charge in [0.2, 0.25) is 11.8 Å². The Kier molecular flexibility index (Phi) is 8.29. The average Bonchev–Trinajstić information content (AvgIpc) is 3.67. The highest BCUT2D eigenvalue weighted by Gasteiger charge is 2.40. The highest BCUT2D eigenvalue weighted by Crippen LogP contribution is 2.34. The summed E-state index contributed by atoms with van der Waals surface area (Å²) in [5, 5.41) is 18.7. The number of fused-ring (bicyclic) bond motifs is 1. The number of alkyl halides is 1. The van der Waals surface area contributed by atoms with Crippen molar-refractivity contribution in [1.82, 2.24) is 19.7 Å². The van der Waals surface area contributed by atoms with Crippen LogP contribution in [-0.2, 0) is 16.1 Å². The first-order chi connectivity index (χ1) is 20.1. The number of benzene rings is 2. The number of H-pyrrole nitrogens is 1. The lowest BCUT2D eigenvalue weighted by molar-refractivity contribution is -0.137. The quantitative estimate of drug-likeness (QED) is 0.163. The molecule has 42 heavy (non-hydrogen) atoms. The number of rotatable bonds is 8. The smallest absolute Gasteiger partial charge is 0.247 e. The first-order valence-electron chi connectivity index (χ1n) is 13.2. The van der Waals surface area contributed by atoms with Crippen LogP contribution in [0.4, 0.5) is 10.1 Å². The normalized spacial score (nSPS) is 17.1. The summed E-state index contributed by atoms with van der Waals surface area (Å²) >= 11 is 12.3. The van der Waals surface area contributed by atoms with Crippen molar-refractivity contribution >= 4 is 69.2 Å². The van der Waals surface area contributed by atoms with Crippen molar-refractivity contribution in [2.75, 3.05) is 11.9 Å². The van der Waals surface area contributed by atoms with Crippen molar-refractivity contribution in [2.24, 2.45) is 0 Å². The number of carbonyl (C=O) groups is 3. The van der Waals surface area contributed by atoms with Gasteiger partial charge in [-0.1, -0.05) is 35.3 Å². The molecule has 216 valence electrons. The van der Waals surface area contributed by atoms with Gasteiger partial charge in [-0.25, -0.2) is 4.39 Å². The minimum Gasteiger partial charge on any atom is -0.337 e. The molecule has 1 fully saturated rings. The molecule has 0 spiro atoms. The zero-order valence-electron chi connectivity index (χ0n) is 22.7. The molecule has 1 aliphatic rings. The van der Waals surface area contributed by atoms with Gasteiger partial charge < -0.3 is 20.2 Å². The van der Waals surface area contributed by atoms with Crippen LogP contribution in [-0.4, -0.2) is 62.2 Å². The summed E-state index contributed by atoms with van der Waals surface area (Å²) in [6.07, 6.45) is 4.50. The third-order valence-electron chi connectivity index (χ3n) is 7.34. The van der Waals surface area contributed by atoms with Crippen LogP contribution in [0, 0.1) is 5.41 Å². The van der Waals surface area contributed by atoms with Gasteiger partial charge >= 0.3 is 0 Å². The molecule has 1 aliphatic heterocycles. The lowest BCUT2D eigenvalue weighted by Crippen LogP contribution is -2.44. The summed E-state index contributed by atoms with van der Waals surface area (Å²) in [7, 11) is 0. The number of halogens is 3. The first-order valence-corrected chi connectivity index (χ1v) is 13.9. The van der Waals surface area contributed by atoms with Crippen molar-refractivity contribution in [1.29, 1.82) is 5.41 Å². The van der Waals surface area contributed by atoms with E-state index in [9.17, 15) is 18.8 Å². The molecule has 12 heteroatoms. The van der Waals surface area contributed by atoms with Crippen LogP contribution in [0.3, 0.4) is 0 Å². The first kappa shape index (κ1) is 29.2. The van der Waals surface area contributed by atoms with E-state index in [0.29, 0.717) is 49.0 Å². The average molecular weight is 609 g/mol. The van der Waals surface area contributed by atoms with E-state index in [2.05, 4.69) is 15.5 Å². The second kappa shape index (κ2) is 11.9. The molecule has 4 aromatic rings. The molecule has 2 aromatic heterocycles. The number of nitrogens with one attached hydrogen (secondary N) is 3. The summed E-state index contributed by atoms with van der Waals surface area (Å²) in [5.74, 6) is -1.21. The Bertz CT molecular complexity index is 1760. The number of nitrogens with zero attached hydrogens (tertiary/aromatic N) is 3. The topological polar surface area (TPSA) is 124 Å². The monoisotopic (exact) mass is 608 g/mol. The Morgan fingerprint density at radius 1 is 1.21 bits per heavy atom. The van der Waals surface area contributed by atoms with E-state index in [-0.39, 0.29) is 25.3 Å². The van der Waals surface area contributed by atoms with Gasteiger partial charge in [0.25, 0.3) is 0 Å². The Balaban J connectivity index is 1.39. The van der Waals surface area contributed by atoms with Crippen molar-refractivity contribution in [3.05, 3.63) is 76.0 Å². The fourth-order valence-electron chi connectivity index (χ4n) is 5.26. The summed E-state index contributed by atoms with van der Waals surface area (Å²) in [4.78, 5) is 40.6. The maximum Gasteiger partial charge on any atom is 0.247 e.